The van der Waals surface area contributed by atoms with E-state index in [9.17, 15) is 14.9 Å². The molecule has 2 aromatic heterocycles. The number of hydrogen-bond acceptors (Lipinski definition) is 6. The number of unbranched alkanes of at least 4 members (excludes halogenated alkanes) is 8. The Kier molecular flexibility index (Phi) is 10.6. The number of nitro groups is 1. The minimum atomic E-state index is -0.686. The third kappa shape index (κ3) is 7.71. The number of para-hydroxylation sites is 1. The SMILES string of the molecule is CC(C)c1nc2ccccc2c2c1ncn2CCCCCCCCCCCC(=O)N(C)OC[N+](=O)[O-]. The maximum atomic E-state index is 11.8. The Hall–Kier alpha value is -3.07. The Labute approximate surface area is 212 Å². The summed E-state index contributed by atoms with van der Waals surface area (Å²) >= 11 is 0. The molecular formula is C27H39N5O4. The minimum absolute atomic E-state index is 0.216. The van der Waals surface area contributed by atoms with E-state index in [4.69, 9.17) is 14.8 Å². The van der Waals surface area contributed by atoms with E-state index in [-0.39, 0.29) is 5.91 Å². The predicted molar refractivity (Wildman–Crippen MR) is 141 cm³/mol. The van der Waals surface area contributed by atoms with Gasteiger partial charge in [0, 0.05) is 25.4 Å². The van der Waals surface area contributed by atoms with Gasteiger partial charge in [0.1, 0.15) is 5.52 Å². The zero-order valence-corrected chi connectivity index (χ0v) is 21.8. The van der Waals surface area contributed by atoms with Gasteiger partial charge in [0.15, 0.2) is 0 Å². The number of carbonyl (C=O) groups is 1. The first-order valence-electron chi connectivity index (χ1n) is 13.1. The Morgan fingerprint density at radius 1 is 1.06 bits per heavy atom. The van der Waals surface area contributed by atoms with Crippen LogP contribution in [-0.4, -0.2) is 44.2 Å². The second kappa shape index (κ2) is 13.9. The number of hydroxylamine groups is 2. The number of hydrogen-bond donors (Lipinski definition) is 0. The molecule has 3 rings (SSSR count). The van der Waals surface area contributed by atoms with Crippen LogP contribution in [0, 0.1) is 10.1 Å². The highest BCUT2D eigenvalue weighted by Crippen LogP contribution is 2.29. The fourth-order valence-corrected chi connectivity index (χ4v) is 4.54. The molecular weight excluding hydrogens is 458 g/mol. The first-order valence-corrected chi connectivity index (χ1v) is 13.1. The van der Waals surface area contributed by atoms with Crippen molar-refractivity contribution in [2.24, 2.45) is 0 Å². The maximum Gasteiger partial charge on any atom is 0.326 e. The van der Waals surface area contributed by atoms with Gasteiger partial charge in [-0.2, -0.15) is 4.84 Å². The number of fused-ring (bicyclic) bond motifs is 3. The van der Waals surface area contributed by atoms with Gasteiger partial charge in [-0.1, -0.05) is 77.0 Å². The van der Waals surface area contributed by atoms with Crippen LogP contribution in [0.4, 0.5) is 0 Å². The lowest BCUT2D eigenvalue weighted by Crippen LogP contribution is -2.29. The van der Waals surface area contributed by atoms with Crippen LogP contribution in [0.5, 0.6) is 0 Å². The van der Waals surface area contributed by atoms with E-state index < -0.39 is 11.7 Å². The van der Waals surface area contributed by atoms with E-state index in [2.05, 4.69) is 36.6 Å². The number of nitrogens with zero attached hydrogens (tertiary/aromatic N) is 5. The average molecular weight is 498 g/mol. The standard InChI is InChI=1S/C27H39N5O4/c1-21(2)25-26-27(22-15-12-13-16-23(22)29-25)31(19-28-26)18-14-10-8-6-4-5-7-9-11-17-24(33)30(3)36-20-32(34)35/h12-13,15-16,19,21H,4-11,14,17-18,20H2,1-3H3. The van der Waals surface area contributed by atoms with Gasteiger partial charge in [0.2, 0.25) is 5.91 Å². The number of imidazole rings is 1. The second-order valence-electron chi connectivity index (χ2n) is 9.72. The van der Waals surface area contributed by atoms with E-state index in [1.54, 1.807) is 0 Å². The third-order valence-electron chi connectivity index (χ3n) is 6.52. The molecule has 0 aliphatic heterocycles. The summed E-state index contributed by atoms with van der Waals surface area (Å²) in [4.78, 5) is 35.9. The molecule has 0 aliphatic carbocycles. The number of amides is 1. The highest BCUT2D eigenvalue weighted by atomic mass is 16.7. The smallest absolute Gasteiger partial charge is 0.326 e. The second-order valence-corrected chi connectivity index (χ2v) is 9.72. The lowest BCUT2D eigenvalue weighted by Gasteiger charge is -2.13. The van der Waals surface area contributed by atoms with Gasteiger partial charge in [-0.05, 0) is 24.8 Å². The highest BCUT2D eigenvalue weighted by Gasteiger charge is 2.16. The number of benzene rings is 1. The monoisotopic (exact) mass is 497 g/mol. The summed E-state index contributed by atoms with van der Waals surface area (Å²) in [5.41, 5.74) is 4.34. The summed E-state index contributed by atoms with van der Waals surface area (Å²) in [6.07, 6.45) is 12.4. The quantitative estimate of drug-likeness (QED) is 0.101. The van der Waals surface area contributed by atoms with E-state index in [0.717, 1.165) is 54.0 Å². The van der Waals surface area contributed by atoms with Crippen LogP contribution in [0.3, 0.4) is 0 Å². The zero-order valence-electron chi connectivity index (χ0n) is 21.8. The largest absolute Gasteiger partial charge is 0.330 e. The van der Waals surface area contributed by atoms with Gasteiger partial charge in [0.05, 0.1) is 28.0 Å². The van der Waals surface area contributed by atoms with Crippen molar-refractivity contribution in [1.82, 2.24) is 19.6 Å². The molecule has 0 radical (unpaired) electrons. The van der Waals surface area contributed by atoms with Crippen molar-refractivity contribution in [1.29, 1.82) is 0 Å². The van der Waals surface area contributed by atoms with E-state index in [1.807, 2.05) is 12.4 Å². The molecule has 2 heterocycles. The van der Waals surface area contributed by atoms with Crippen molar-refractivity contribution in [2.75, 3.05) is 13.8 Å². The molecule has 3 aromatic rings. The Morgan fingerprint density at radius 2 is 1.69 bits per heavy atom. The highest BCUT2D eigenvalue weighted by molar-refractivity contribution is 6.03. The van der Waals surface area contributed by atoms with Gasteiger partial charge in [-0.15, -0.1) is 0 Å². The van der Waals surface area contributed by atoms with Gasteiger partial charge in [0.25, 0.3) is 0 Å². The van der Waals surface area contributed by atoms with E-state index in [1.165, 1.54) is 50.1 Å². The molecule has 9 heteroatoms. The number of carbonyl (C=O) groups excluding carboxylic acids is 1. The lowest BCUT2D eigenvalue weighted by atomic mass is 10.1. The summed E-state index contributed by atoms with van der Waals surface area (Å²) in [7, 11) is 1.42. The summed E-state index contributed by atoms with van der Waals surface area (Å²) < 4.78 is 2.30. The molecule has 0 spiro atoms. The van der Waals surface area contributed by atoms with Crippen molar-refractivity contribution in [3.8, 4) is 0 Å². The average Bonchev–Trinajstić information content (AvgIpc) is 3.29. The van der Waals surface area contributed by atoms with Crippen molar-refractivity contribution in [2.45, 2.75) is 90.5 Å². The molecule has 0 N–H and O–H groups in total. The van der Waals surface area contributed by atoms with Crippen LogP contribution < -0.4 is 0 Å². The first kappa shape index (κ1) is 27.5. The number of aromatic nitrogens is 3. The third-order valence-corrected chi connectivity index (χ3v) is 6.52. The molecule has 0 atom stereocenters. The molecule has 1 aromatic carbocycles. The topological polar surface area (TPSA) is 103 Å². The fourth-order valence-electron chi connectivity index (χ4n) is 4.54. The molecule has 196 valence electrons. The molecule has 36 heavy (non-hydrogen) atoms. The number of rotatable bonds is 16. The van der Waals surface area contributed by atoms with Gasteiger partial charge in [-0.25, -0.2) is 10.0 Å². The van der Waals surface area contributed by atoms with Crippen molar-refractivity contribution in [3.63, 3.8) is 0 Å². The maximum absolute atomic E-state index is 11.8. The molecule has 0 fully saturated rings. The van der Waals surface area contributed by atoms with E-state index >= 15 is 0 Å². The molecule has 0 saturated heterocycles. The molecule has 1 amide bonds. The summed E-state index contributed by atoms with van der Waals surface area (Å²) in [6, 6.07) is 8.34. The van der Waals surface area contributed by atoms with Crippen LogP contribution in [-0.2, 0) is 16.2 Å². The zero-order chi connectivity index (χ0) is 25.9. The normalized spacial score (nSPS) is 11.6. The van der Waals surface area contributed by atoms with Gasteiger partial charge >= 0.3 is 6.73 Å². The van der Waals surface area contributed by atoms with Crippen LogP contribution >= 0.6 is 0 Å². The lowest BCUT2D eigenvalue weighted by molar-refractivity contribution is -0.543. The Morgan fingerprint density at radius 3 is 2.36 bits per heavy atom. The summed E-state index contributed by atoms with van der Waals surface area (Å²) in [5.74, 6) is 0.115. The van der Waals surface area contributed by atoms with Crippen LogP contribution in [0.1, 0.15) is 89.7 Å². The first-order chi connectivity index (χ1) is 17.4. The van der Waals surface area contributed by atoms with Crippen molar-refractivity contribution < 1.29 is 14.6 Å². The summed E-state index contributed by atoms with van der Waals surface area (Å²) in [5, 5.41) is 12.4. The fraction of sp³-hybridized carbons (Fsp3) is 0.593. The predicted octanol–water partition coefficient (Wildman–Crippen LogP) is 6.23. The Bertz CT molecular complexity index is 1140. The molecule has 0 saturated carbocycles. The molecule has 0 unspecified atom stereocenters. The molecule has 0 aliphatic rings. The Balaban J connectivity index is 1.31. The number of pyridine rings is 1. The van der Waals surface area contributed by atoms with Crippen molar-refractivity contribution in [3.05, 3.63) is 46.4 Å². The van der Waals surface area contributed by atoms with Gasteiger partial charge < -0.3 is 4.57 Å². The summed E-state index contributed by atoms with van der Waals surface area (Å²) in [6.45, 7) is 4.63. The minimum Gasteiger partial charge on any atom is -0.330 e. The van der Waals surface area contributed by atoms with Crippen LogP contribution in [0.2, 0.25) is 0 Å². The van der Waals surface area contributed by atoms with E-state index in [0.29, 0.717) is 12.3 Å². The van der Waals surface area contributed by atoms with Crippen molar-refractivity contribution >= 4 is 27.8 Å². The number of aryl methyl sites for hydroxylation is 1. The van der Waals surface area contributed by atoms with Gasteiger partial charge in [-0.3, -0.25) is 19.9 Å². The van der Waals surface area contributed by atoms with Crippen LogP contribution in [0.15, 0.2) is 30.6 Å². The van der Waals surface area contributed by atoms with Crippen LogP contribution in [0.25, 0.3) is 21.9 Å². The molecule has 9 nitrogen and oxygen atoms in total. The molecule has 0 bridgehead atoms.